The van der Waals surface area contributed by atoms with Crippen LogP contribution in [0.1, 0.15) is 23.7 Å². The Balaban J connectivity index is 2.59. The monoisotopic (exact) mass is 289 g/mol. The van der Waals surface area contributed by atoms with E-state index < -0.39 is 10.8 Å². The van der Waals surface area contributed by atoms with E-state index in [9.17, 15) is 9.00 Å². The van der Waals surface area contributed by atoms with Gasteiger partial charge in [-0.05, 0) is 19.4 Å². The van der Waals surface area contributed by atoms with Crippen LogP contribution in [0.25, 0.3) is 0 Å². The summed E-state index contributed by atoms with van der Waals surface area (Å²) < 4.78 is 10.9. The third-order valence-electron chi connectivity index (χ3n) is 2.35. The molecular formula is C11H16ClN3O2S. The van der Waals surface area contributed by atoms with E-state index >= 15 is 0 Å². The second-order valence-corrected chi connectivity index (χ2v) is 5.99. The van der Waals surface area contributed by atoms with Crippen molar-refractivity contribution in [2.24, 2.45) is 0 Å². The minimum Gasteiger partial charge on any atom is -0.382 e. The summed E-state index contributed by atoms with van der Waals surface area (Å²) in [7, 11) is -0.854. The van der Waals surface area contributed by atoms with Gasteiger partial charge in [-0.2, -0.15) is 0 Å². The third-order valence-corrected chi connectivity index (χ3v) is 3.46. The number of carbonyl (C=O) groups excluding carboxylic acids is 1. The summed E-state index contributed by atoms with van der Waals surface area (Å²) in [6.45, 7) is 1.86. The number of amides is 1. The molecule has 1 amide bonds. The van der Waals surface area contributed by atoms with Crippen molar-refractivity contribution >= 4 is 34.1 Å². The van der Waals surface area contributed by atoms with Gasteiger partial charge in [0.05, 0.1) is 10.6 Å². The lowest BCUT2D eigenvalue weighted by molar-refractivity contribution is 0.0939. The van der Waals surface area contributed by atoms with Crippen LogP contribution in [0.4, 0.5) is 5.82 Å². The van der Waals surface area contributed by atoms with Crippen molar-refractivity contribution in [1.82, 2.24) is 10.3 Å². The topological polar surface area (TPSA) is 85.1 Å². The second-order valence-electron chi connectivity index (χ2n) is 4.03. The van der Waals surface area contributed by atoms with Crippen LogP contribution >= 0.6 is 11.6 Å². The Hall–Kier alpha value is -1.14. The number of nitrogen functional groups attached to an aromatic ring is 1. The zero-order valence-corrected chi connectivity index (χ0v) is 11.8. The molecule has 0 aliphatic carbocycles. The fraction of sp³-hybridized carbons (Fsp3) is 0.455. The number of aromatic nitrogens is 1. The summed E-state index contributed by atoms with van der Waals surface area (Å²) >= 11 is 5.79. The number of nitrogens with zero attached hydrogens (tertiary/aromatic N) is 1. The highest BCUT2D eigenvalue weighted by Gasteiger charge is 2.12. The molecule has 0 saturated carbocycles. The van der Waals surface area contributed by atoms with E-state index in [1.165, 1.54) is 12.3 Å². The van der Waals surface area contributed by atoms with Gasteiger partial charge in [-0.3, -0.25) is 9.00 Å². The highest BCUT2D eigenvalue weighted by Crippen LogP contribution is 2.16. The van der Waals surface area contributed by atoms with Gasteiger partial charge in [0.1, 0.15) is 5.82 Å². The molecule has 18 heavy (non-hydrogen) atoms. The number of hydrogen-bond acceptors (Lipinski definition) is 4. The maximum atomic E-state index is 11.8. The predicted molar refractivity (Wildman–Crippen MR) is 74.1 cm³/mol. The van der Waals surface area contributed by atoms with Crippen molar-refractivity contribution in [2.45, 2.75) is 19.4 Å². The molecule has 0 aliphatic heterocycles. The van der Waals surface area contributed by atoms with E-state index in [-0.39, 0.29) is 22.8 Å². The molecule has 5 nitrogen and oxygen atoms in total. The normalized spacial score (nSPS) is 13.9. The molecule has 0 aliphatic rings. The highest BCUT2D eigenvalue weighted by atomic mass is 35.5. The zero-order valence-electron chi connectivity index (χ0n) is 10.3. The van der Waals surface area contributed by atoms with E-state index in [0.717, 1.165) is 0 Å². The van der Waals surface area contributed by atoms with Gasteiger partial charge in [-0.1, -0.05) is 11.6 Å². The van der Waals surface area contributed by atoms with Crippen LogP contribution in [-0.4, -0.2) is 33.2 Å². The van der Waals surface area contributed by atoms with Crippen LogP contribution in [0.15, 0.2) is 12.3 Å². The lowest BCUT2D eigenvalue weighted by atomic mass is 10.2. The average molecular weight is 290 g/mol. The third kappa shape index (κ3) is 4.62. The number of pyridine rings is 1. The van der Waals surface area contributed by atoms with Crippen molar-refractivity contribution in [2.75, 3.05) is 17.7 Å². The molecule has 2 atom stereocenters. The van der Waals surface area contributed by atoms with Crippen molar-refractivity contribution in [3.05, 3.63) is 22.8 Å². The molecule has 1 heterocycles. The Kier molecular flexibility index (Phi) is 5.55. The van der Waals surface area contributed by atoms with E-state index in [1.54, 1.807) is 6.26 Å². The second kappa shape index (κ2) is 6.70. The Bertz CT molecular complexity index is 468. The molecule has 1 rings (SSSR count). The van der Waals surface area contributed by atoms with Gasteiger partial charge < -0.3 is 11.1 Å². The van der Waals surface area contributed by atoms with Gasteiger partial charge in [0.25, 0.3) is 5.91 Å². The number of rotatable bonds is 5. The van der Waals surface area contributed by atoms with E-state index in [1.807, 2.05) is 6.92 Å². The first-order chi connectivity index (χ1) is 8.40. The van der Waals surface area contributed by atoms with E-state index in [0.29, 0.717) is 17.7 Å². The Morgan fingerprint density at radius 2 is 2.33 bits per heavy atom. The number of carbonyl (C=O) groups is 1. The van der Waals surface area contributed by atoms with Crippen LogP contribution in [0, 0.1) is 0 Å². The Morgan fingerprint density at radius 3 is 2.89 bits per heavy atom. The van der Waals surface area contributed by atoms with E-state index in [4.69, 9.17) is 17.3 Å². The highest BCUT2D eigenvalue weighted by molar-refractivity contribution is 7.84. The first kappa shape index (κ1) is 14.9. The van der Waals surface area contributed by atoms with Crippen molar-refractivity contribution in [1.29, 1.82) is 0 Å². The molecule has 1 aromatic rings. The van der Waals surface area contributed by atoms with Gasteiger partial charge in [0.2, 0.25) is 0 Å². The maximum absolute atomic E-state index is 11.8. The Labute approximate surface area is 114 Å². The largest absolute Gasteiger partial charge is 0.382 e. The maximum Gasteiger partial charge on any atom is 0.253 e. The fourth-order valence-corrected chi connectivity index (χ4v) is 2.15. The molecule has 0 aromatic carbocycles. The number of halogens is 1. The molecule has 0 saturated heterocycles. The van der Waals surface area contributed by atoms with Crippen molar-refractivity contribution in [3.8, 4) is 0 Å². The number of hydrogen-bond donors (Lipinski definition) is 2. The van der Waals surface area contributed by atoms with Gasteiger partial charge >= 0.3 is 0 Å². The summed E-state index contributed by atoms with van der Waals surface area (Å²) in [5.74, 6) is 0.490. The van der Waals surface area contributed by atoms with Crippen molar-refractivity contribution < 1.29 is 9.00 Å². The summed E-state index contributed by atoms with van der Waals surface area (Å²) in [5, 5.41) is 3.04. The number of nitrogens with one attached hydrogen (secondary N) is 1. The SMILES string of the molecule is CC(CCS(C)=O)NC(=O)c1cnc(N)c(Cl)c1. The summed E-state index contributed by atoms with van der Waals surface area (Å²) in [4.78, 5) is 15.7. The molecule has 0 spiro atoms. The molecule has 3 N–H and O–H groups in total. The predicted octanol–water partition coefficient (Wildman–Crippen LogP) is 1.20. The summed E-state index contributed by atoms with van der Waals surface area (Å²) in [5.41, 5.74) is 5.82. The zero-order chi connectivity index (χ0) is 13.7. The van der Waals surface area contributed by atoms with Crippen LogP contribution in [0.5, 0.6) is 0 Å². The summed E-state index contributed by atoms with van der Waals surface area (Å²) in [6.07, 6.45) is 3.67. The standard InChI is InChI=1S/C11H16ClN3O2S/c1-7(3-4-18(2)17)15-11(16)8-5-9(12)10(13)14-6-8/h5-7H,3-4H2,1-2H3,(H2,13,14)(H,15,16). The molecule has 7 heteroatoms. The number of nitrogens with two attached hydrogens (primary N) is 1. The van der Waals surface area contributed by atoms with Crippen LogP contribution in [0.3, 0.4) is 0 Å². The average Bonchev–Trinajstić information content (AvgIpc) is 2.30. The first-order valence-corrected chi connectivity index (χ1v) is 7.52. The molecule has 1 aromatic heterocycles. The lowest BCUT2D eigenvalue weighted by Crippen LogP contribution is -2.33. The van der Waals surface area contributed by atoms with Crippen molar-refractivity contribution in [3.63, 3.8) is 0 Å². The van der Waals surface area contributed by atoms with Crippen LogP contribution < -0.4 is 11.1 Å². The molecule has 0 fully saturated rings. The molecule has 100 valence electrons. The summed E-state index contributed by atoms with van der Waals surface area (Å²) in [6, 6.07) is 1.42. The van der Waals surface area contributed by atoms with Crippen LogP contribution in [-0.2, 0) is 10.8 Å². The smallest absolute Gasteiger partial charge is 0.253 e. The fourth-order valence-electron chi connectivity index (χ4n) is 1.29. The van der Waals surface area contributed by atoms with Gasteiger partial charge in [-0.25, -0.2) is 4.98 Å². The van der Waals surface area contributed by atoms with Gasteiger partial charge in [0, 0.05) is 35.0 Å². The van der Waals surface area contributed by atoms with Gasteiger partial charge in [-0.15, -0.1) is 0 Å². The van der Waals surface area contributed by atoms with E-state index in [2.05, 4.69) is 10.3 Å². The molecule has 0 bridgehead atoms. The first-order valence-electron chi connectivity index (χ1n) is 5.42. The van der Waals surface area contributed by atoms with Crippen LogP contribution in [0.2, 0.25) is 5.02 Å². The van der Waals surface area contributed by atoms with Gasteiger partial charge in [0.15, 0.2) is 0 Å². The molecular weight excluding hydrogens is 274 g/mol. The minimum atomic E-state index is -0.854. The quantitative estimate of drug-likeness (QED) is 0.853. The number of anilines is 1. The molecule has 2 unspecified atom stereocenters. The Morgan fingerprint density at radius 1 is 1.67 bits per heavy atom. The lowest BCUT2D eigenvalue weighted by Gasteiger charge is -2.13. The molecule has 0 radical (unpaired) electrons. The minimum absolute atomic E-state index is 0.0577.